The Labute approximate surface area is 192 Å². The zero-order chi connectivity index (χ0) is 23.6. The minimum Gasteiger partial charge on any atom is -0.445 e. The van der Waals surface area contributed by atoms with Gasteiger partial charge in [0.2, 0.25) is 5.91 Å². The zero-order valence-corrected chi connectivity index (χ0v) is 20.1. The van der Waals surface area contributed by atoms with Crippen LogP contribution in [0.5, 0.6) is 0 Å². The maximum Gasteiger partial charge on any atom is 0.410 e. The molecule has 2 aliphatic heterocycles. The number of likely N-dealkylation sites (N-methyl/N-ethyl adjacent to an activating group) is 1. The molecule has 2 heterocycles. The zero-order valence-electron chi connectivity index (χ0n) is 20.1. The highest BCUT2D eigenvalue weighted by molar-refractivity contribution is 5.93. The molecule has 2 amide bonds. The molecule has 7 heteroatoms. The molecule has 0 saturated carbocycles. The van der Waals surface area contributed by atoms with E-state index in [0.29, 0.717) is 6.42 Å². The van der Waals surface area contributed by atoms with Gasteiger partial charge in [-0.2, -0.15) is 0 Å². The number of amides is 2. The summed E-state index contributed by atoms with van der Waals surface area (Å²) >= 11 is 0. The molecule has 0 bridgehead atoms. The van der Waals surface area contributed by atoms with E-state index in [1.807, 2.05) is 60.9 Å². The van der Waals surface area contributed by atoms with E-state index in [9.17, 15) is 14.4 Å². The van der Waals surface area contributed by atoms with Crippen LogP contribution in [-0.2, 0) is 20.9 Å². The molecule has 2 saturated heterocycles. The fourth-order valence-electron chi connectivity index (χ4n) is 4.16. The molecule has 178 valence electrons. The van der Waals surface area contributed by atoms with Gasteiger partial charge < -0.3 is 9.64 Å². The molecule has 32 heavy (non-hydrogen) atoms. The van der Waals surface area contributed by atoms with E-state index in [1.165, 1.54) is 4.90 Å². The van der Waals surface area contributed by atoms with Crippen LogP contribution >= 0.6 is 0 Å². The Morgan fingerprint density at radius 3 is 2.31 bits per heavy atom. The highest BCUT2D eigenvalue weighted by atomic mass is 16.6. The quantitative estimate of drug-likeness (QED) is 0.691. The van der Waals surface area contributed by atoms with Crippen LogP contribution < -0.4 is 0 Å². The number of hydrogen-bond donors (Lipinski definition) is 0. The Kier molecular flexibility index (Phi) is 10.2. The lowest BCUT2D eigenvalue weighted by atomic mass is 9.86. The van der Waals surface area contributed by atoms with Crippen molar-refractivity contribution in [2.45, 2.75) is 65.0 Å². The summed E-state index contributed by atoms with van der Waals surface area (Å²) in [5.74, 6) is 0.0498. The summed E-state index contributed by atoms with van der Waals surface area (Å²) in [6.07, 6.45) is 3.90. The van der Waals surface area contributed by atoms with Gasteiger partial charge in [-0.25, -0.2) is 4.79 Å². The minimum absolute atomic E-state index is 0.0458. The molecule has 1 aromatic rings. The van der Waals surface area contributed by atoms with Gasteiger partial charge in [0.15, 0.2) is 5.78 Å². The van der Waals surface area contributed by atoms with Gasteiger partial charge in [-0.1, -0.05) is 44.2 Å². The van der Waals surface area contributed by atoms with Crippen LogP contribution in [0.2, 0.25) is 0 Å². The first-order valence-corrected chi connectivity index (χ1v) is 11.9. The first-order valence-electron chi connectivity index (χ1n) is 11.9. The molecule has 0 radical (unpaired) electrons. The van der Waals surface area contributed by atoms with Crippen molar-refractivity contribution in [3.63, 3.8) is 0 Å². The summed E-state index contributed by atoms with van der Waals surface area (Å²) < 4.78 is 5.45. The standard InChI is InChI=1S/C23H33N3O4.C2H6/c1-23(24(2)22(29)30-18-19-10-4-3-5-11-19)12-6-7-13-25(16-20(23)27)17-21(28)26-14-8-9-15-26;1-2/h3-5,10-11H,6-9,12-18H2,1-2H3;1-2H3. The number of Topliss-reactive ketones (excluding diaryl/α,β-unsaturated/α-hetero) is 1. The maximum absolute atomic E-state index is 13.2. The SMILES string of the molecule is CC.CN(C(=O)OCc1ccccc1)C1(C)CCCCN(CC(=O)N2CCCC2)CC1=O. The van der Waals surface area contributed by atoms with Crippen molar-refractivity contribution in [2.75, 3.05) is 39.8 Å². The van der Waals surface area contributed by atoms with Crippen LogP contribution in [-0.4, -0.2) is 77.8 Å². The highest BCUT2D eigenvalue weighted by Crippen LogP contribution is 2.26. The van der Waals surface area contributed by atoms with E-state index in [4.69, 9.17) is 4.74 Å². The molecule has 2 aliphatic rings. The summed E-state index contributed by atoms with van der Waals surface area (Å²) in [4.78, 5) is 43.7. The second kappa shape index (κ2) is 12.6. The van der Waals surface area contributed by atoms with Crippen molar-refractivity contribution >= 4 is 17.8 Å². The van der Waals surface area contributed by atoms with E-state index in [1.54, 1.807) is 7.05 Å². The van der Waals surface area contributed by atoms with Crippen LogP contribution in [0.15, 0.2) is 30.3 Å². The number of ketones is 1. The largest absolute Gasteiger partial charge is 0.445 e. The fourth-order valence-corrected chi connectivity index (χ4v) is 4.16. The van der Waals surface area contributed by atoms with E-state index >= 15 is 0 Å². The molecular weight excluding hydrogens is 406 g/mol. The predicted molar refractivity (Wildman–Crippen MR) is 125 cm³/mol. The fraction of sp³-hybridized carbons (Fsp3) is 0.640. The Bertz CT molecular complexity index is 749. The predicted octanol–water partition coefficient (Wildman–Crippen LogP) is 3.72. The normalized spacial score (nSPS) is 21.8. The van der Waals surface area contributed by atoms with Crippen LogP contribution in [0.3, 0.4) is 0 Å². The number of carbonyl (C=O) groups excluding carboxylic acids is 3. The van der Waals surface area contributed by atoms with Gasteiger partial charge in [0, 0.05) is 20.1 Å². The smallest absolute Gasteiger partial charge is 0.410 e. The lowest BCUT2D eigenvalue weighted by Crippen LogP contribution is -2.57. The molecule has 0 spiro atoms. The van der Waals surface area contributed by atoms with Gasteiger partial charge in [-0.3, -0.25) is 19.4 Å². The Balaban J connectivity index is 0.00000176. The number of carbonyl (C=O) groups is 3. The van der Waals surface area contributed by atoms with Crippen LogP contribution in [0.4, 0.5) is 4.79 Å². The van der Waals surface area contributed by atoms with Crippen molar-refractivity contribution in [2.24, 2.45) is 0 Å². The topological polar surface area (TPSA) is 70.2 Å². The van der Waals surface area contributed by atoms with E-state index in [0.717, 1.165) is 50.9 Å². The van der Waals surface area contributed by atoms with Crippen LogP contribution in [0.1, 0.15) is 58.4 Å². The molecular formula is C25H39N3O4. The second-order valence-electron chi connectivity index (χ2n) is 8.55. The molecule has 0 aliphatic carbocycles. The summed E-state index contributed by atoms with van der Waals surface area (Å²) in [5.41, 5.74) is -0.0386. The summed E-state index contributed by atoms with van der Waals surface area (Å²) in [5, 5.41) is 0. The molecule has 1 atom stereocenters. The number of nitrogens with zero attached hydrogens (tertiary/aromatic N) is 3. The number of hydrogen-bond acceptors (Lipinski definition) is 5. The highest BCUT2D eigenvalue weighted by Gasteiger charge is 2.41. The van der Waals surface area contributed by atoms with E-state index in [2.05, 4.69) is 0 Å². The van der Waals surface area contributed by atoms with Crippen molar-refractivity contribution in [3.05, 3.63) is 35.9 Å². The molecule has 7 nitrogen and oxygen atoms in total. The average molecular weight is 446 g/mol. The second-order valence-corrected chi connectivity index (χ2v) is 8.55. The van der Waals surface area contributed by atoms with Crippen LogP contribution in [0.25, 0.3) is 0 Å². The third-order valence-corrected chi connectivity index (χ3v) is 6.39. The third-order valence-electron chi connectivity index (χ3n) is 6.39. The van der Waals surface area contributed by atoms with Crippen molar-refractivity contribution in [1.29, 1.82) is 0 Å². The Morgan fingerprint density at radius 1 is 1.03 bits per heavy atom. The number of rotatable bonds is 5. The summed E-state index contributed by atoms with van der Waals surface area (Å²) in [6, 6.07) is 9.48. The first kappa shape index (κ1) is 25.8. The first-order chi connectivity index (χ1) is 15.4. The Morgan fingerprint density at radius 2 is 1.66 bits per heavy atom. The van der Waals surface area contributed by atoms with Gasteiger partial charge >= 0.3 is 6.09 Å². The number of likely N-dealkylation sites (tertiary alicyclic amines) is 2. The Hall–Kier alpha value is -2.41. The van der Waals surface area contributed by atoms with Gasteiger partial charge in [-0.15, -0.1) is 0 Å². The van der Waals surface area contributed by atoms with Gasteiger partial charge in [0.25, 0.3) is 0 Å². The lowest BCUT2D eigenvalue weighted by Gasteiger charge is -2.40. The van der Waals surface area contributed by atoms with Crippen molar-refractivity contribution < 1.29 is 19.1 Å². The lowest BCUT2D eigenvalue weighted by molar-refractivity contribution is -0.135. The minimum atomic E-state index is -0.941. The number of benzene rings is 1. The van der Waals surface area contributed by atoms with Gasteiger partial charge in [0.05, 0.1) is 13.1 Å². The van der Waals surface area contributed by atoms with Crippen LogP contribution in [0, 0.1) is 0 Å². The average Bonchev–Trinajstić information content (AvgIpc) is 3.36. The number of ether oxygens (including phenoxy) is 1. The monoisotopic (exact) mass is 445 g/mol. The third kappa shape index (κ3) is 6.79. The van der Waals surface area contributed by atoms with Crippen molar-refractivity contribution in [3.8, 4) is 0 Å². The van der Waals surface area contributed by atoms with Gasteiger partial charge in [0.1, 0.15) is 12.1 Å². The van der Waals surface area contributed by atoms with Gasteiger partial charge in [-0.05, 0) is 51.1 Å². The molecule has 0 N–H and O–H groups in total. The molecule has 0 aromatic heterocycles. The van der Waals surface area contributed by atoms with E-state index < -0.39 is 11.6 Å². The summed E-state index contributed by atoms with van der Waals surface area (Å²) in [6.45, 7) is 8.78. The molecule has 3 rings (SSSR count). The molecule has 2 fully saturated rings. The van der Waals surface area contributed by atoms with E-state index in [-0.39, 0.29) is 31.4 Å². The summed E-state index contributed by atoms with van der Waals surface area (Å²) in [7, 11) is 1.63. The maximum atomic E-state index is 13.2. The molecule has 1 aromatic carbocycles. The van der Waals surface area contributed by atoms with Crippen molar-refractivity contribution in [1.82, 2.24) is 14.7 Å². The molecule has 1 unspecified atom stereocenters.